The molecule has 2 aromatic carbocycles. The Morgan fingerprint density at radius 1 is 0.935 bits per heavy atom. The predicted octanol–water partition coefficient (Wildman–Crippen LogP) is 2.98. The summed E-state index contributed by atoms with van der Waals surface area (Å²) in [7, 11) is 10.1. The summed E-state index contributed by atoms with van der Waals surface area (Å²) < 4.78 is 33.0. The molecule has 8 heteroatoms. The van der Waals surface area contributed by atoms with E-state index in [0.717, 1.165) is 24.1 Å². The summed E-state index contributed by atoms with van der Waals surface area (Å²) in [4.78, 5) is 15.4. The van der Waals surface area contributed by atoms with Crippen LogP contribution in [0.25, 0.3) is 0 Å². The van der Waals surface area contributed by atoms with Crippen molar-refractivity contribution >= 4 is 5.78 Å². The fraction of sp³-hybridized carbons (Fsp3) is 0.435. The molecule has 31 heavy (non-hydrogen) atoms. The van der Waals surface area contributed by atoms with Gasteiger partial charge in [0.1, 0.15) is 0 Å². The van der Waals surface area contributed by atoms with E-state index in [0.29, 0.717) is 40.1 Å². The monoisotopic (exact) mass is 431 g/mol. The summed E-state index contributed by atoms with van der Waals surface area (Å²) >= 11 is 0. The van der Waals surface area contributed by atoms with Crippen LogP contribution in [0, 0.1) is 0 Å². The number of carbonyl (C=O) groups excluding carboxylic acids is 1. The first kappa shape index (κ1) is 22.6. The Balaban J connectivity index is 2.02. The van der Waals surface area contributed by atoms with E-state index < -0.39 is 0 Å². The number of hydrogen-bond donors (Lipinski definition) is 0. The normalized spacial score (nSPS) is 12.1. The SMILES string of the molecule is COc1cc(C(=O)Cc2c(CCN(C)C)cc3c(c2OC)OCO3)cc(OC)c1OC. The Labute approximate surface area is 182 Å². The van der Waals surface area contributed by atoms with Crippen molar-refractivity contribution in [2.45, 2.75) is 12.8 Å². The Hall–Kier alpha value is -3.13. The zero-order chi connectivity index (χ0) is 22.5. The lowest BCUT2D eigenvalue weighted by Gasteiger charge is -2.18. The zero-order valence-electron chi connectivity index (χ0n) is 18.9. The van der Waals surface area contributed by atoms with Gasteiger partial charge < -0.3 is 33.3 Å². The second kappa shape index (κ2) is 9.78. The summed E-state index contributed by atoms with van der Waals surface area (Å²) in [6.07, 6.45) is 0.860. The fourth-order valence-electron chi connectivity index (χ4n) is 3.58. The molecular weight excluding hydrogens is 402 g/mol. The van der Waals surface area contributed by atoms with Crippen LogP contribution < -0.4 is 28.4 Å². The number of hydrogen-bond acceptors (Lipinski definition) is 8. The molecule has 0 amide bonds. The van der Waals surface area contributed by atoms with Crippen molar-refractivity contribution in [2.24, 2.45) is 0 Å². The van der Waals surface area contributed by atoms with Crippen LogP contribution in [0.3, 0.4) is 0 Å². The lowest BCUT2D eigenvalue weighted by molar-refractivity contribution is 0.0991. The molecule has 168 valence electrons. The first-order valence-corrected chi connectivity index (χ1v) is 9.89. The molecule has 0 saturated carbocycles. The van der Waals surface area contributed by atoms with Gasteiger partial charge >= 0.3 is 0 Å². The van der Waals surface area contributed by atoms with Gasteiger partial charge in [-0.2, -0.15) is 0 Å². The molecule has 0 bridgehead atoms. The van der Waals surface area contributed by atoms with Crippen molar-refractivity contribution < 1.29 is 33.2 Å². The molecule has 0 spiro atoms. The Morgan fingerprint density at radius 3 is 2.13 bits per heavy atom. The maximum Gasteiger partial charge on any atom is 0.231 e. The van der Waals surface area contributed by atoms with Gasteiger partial charge in [0, 0.05) is 24.1 Å². The van der Waals surface area contributed by atoms with Gasteiger partial charge in [-0.1, -0.05) is 0 Å². The Kier molecular flexibility index (Phi) is 7.12. The van der Waals surface area contributed by atoms with Crippen molar-refractivity contribution in [3.63, 3.8) is 0 Å². The molecule has 0 N–H and O–H groups in total. The molecule has 1 aliphatic rings. The van der Waals surface area contributed by atoms with Crippen LogP contribution in [0.15, 0.2) is 18.2 Å². The van der Waals surface area contributed by atoms with Gasteiger partial charge in [-0.25, -0.2) is 0 Å². The van der Waals surface area contributed by atoms with E-state index in [1.165, 1.54) is 21.3 Å². The van der Waals surface area contributed by atoms with Gasteiger partial charge in [0.05, 0.1) is 28.4 Å². The van der Waals surface area contributed by atoms with Crippen molar-refractivity contribution in [3.05, 3.63) is 34.9 Å². The average Bonchev–Trinajstić information content (AvgIpc) is 3.24. The summed E-state index contributed by atoms with van der Waals surface area (Å²) in [5, 5.41) is 0. The Bertz CT molecular complexity index is 930. The van der Waals surface area contributed by atoms with E-state index in [1.54, 1.807) is 19.2 Å². The molecule has 2 aromatic rings. The molecule has 0 fully saturated rings. The van der Waals surface area contributed by atoms with Gasteiger partial charge in [-0.05, 0) is 44.3 Å². The van der Waals surface area contributed by atoms with E-state index in [1.807, 2.05) is 20.2 Å². The average molecular weight is 431 g/mol. The maximum absolute atomic E-state index is 13.3. The number of ketones is 1. The van der Waals surface area contributed by atoms with Crippen molar-refractivity contribution in [2.75, 3.05) is 55.9 Å². The predicted molar refractivity (Wildman–Crippen MR) is 116 cm³/mol. The van der Waals surface area contributed by atoms with Crippen molar-refractivity contribution in [1.29, 1.82) is 0 Å². The van der Waals surface area contributed by atoms with E-state index in [9.17, 15) is 4.79 Å². The van der Waals surface area contributed by atoms with Crippen LogP contribution in [-0.2, 0) is 12.8 Å². The van der Waals surface area contributed by atoms with Crippen LogP contribution in [0.5, 0.6) is 34.5 Å². The molecule has 0 aromatic heterocycles. The van der Waals surface area contributed by atoms with Gasteiger partial charge in [0.25, 0.3) is 0 Å². The zero-order valence-corrected chi connectivity index (χ0v) is 18.9. The highest BCUT2D eigenvalue weighted by Gasteiger charge is 2.27. The molecular formula is C23H29NO7. The van der Waals surface area contributed by atoms with Crippen molar-refractivity contribution in [1.82, 2.24) is 4.90 Å². The third-order valence-corrected chi connectivity index (χ3v) is 5.17. The highest BCUT2D eigenvalue weighted by molar-refractivity contribution is 5.99. The number of methoxy groups -OCH3 is 4. The van der Waals surface area contributed by atoms with E-state index in [-0.39, 0.29) is 19.0 Å². The second-order valence-corrected chi connectivity index (χ2v) is 7.35. The number of ether oxygens (including phenoxy) is 6. The number of fused-ring (bicyclic) bond motifs is 1. The quantitative estimate of drug-likeness (QED) is 0.532. The van der Waals surface area contributed by atoms with E-state index >= 15 is 0 Å². The number of Topliss-reactive ketones (excluding diaryl/α,β-unsaturated/α-hetero) is 1. The lowest BCUT2D eigenvalue weighted by Crippen LogP contribution is -2.17. The second-order valence-electron chi connectivity index (χ2n) is 7.35. The smallest absolute Gasteiger partial charge is 0.231 e. The van der Waals surface area contributed by atoms with Crippen LogP contribution >= 0.6 is 0 Å². The molecule has 1 aliphatic heterocycles. The summed E-state index contributed by atoms with van der Waals surface area (Å²) in [5.74, 6) is 2.88. The molecule has 0 aliphatic carbocycles. The highest BCUT2D eigenvalue weighted by atomic mass is 16.7. The molecule has 0 radical (unpaired) electrons. The third-order valence-electron chi connectivity index (χ3n) is 5.17. The van der Waals surface area contributed by atoms with Crippen LogP contribution in [-0.4, -0.2) is 66.6 Å². The van der Waals surface area contributed by atoms with Gasteiger partial charge in [-0.15, -0.1) is 0 Å². The molecule has 3 rings (SSSR count). The number of likely N-dealkylation sites (N-methyl/N-ethyl adjacent to an activating group) is 1. The van der Waals surface area contributed by atoms with Gasteiger partial charge in [0.15, 0.2) is 28.8 Å². The minimum atomic E-state index is -0.109. The minimum Gasteiger partial charge on any atom is -0.493 e. The molecule has 0 atom stereocenters. The minimum absolute atomic E-state index is 0.109. The van der Waals surface area contributed by atoms with Crippen molar-refractivity contribution in [3.8, 4) is 34.5 Å². The third kappa shape index (κ3) is 4.64. The number of nitrogens with zero attached hydrogens (tertiary/aromatic N) is 1. The summed E-state index contributed by atoms with van der Waals surface area (Å²) in [6, 6.07) is 5.25. The van der Waals surface area contributed by atoms with E-state index in [2.05, 4.69) is 4.90 Å². The largest absolute Gasteiger partial charge is 0.493 e. The first-order chi connectivity index (χ1) is 14.9. The number of benzene rings is 2. The number of carbonyl (C=O) groups is 1. The fourth-order valence-corrected chi connectivity index (χ4v) is 3.58. The van der Waals surface area contributed by atoms with Gasteiger partial charge in [-0.3, -0.25) is 4.79 Å². The molecule has 1 heterocycles. The molecule has 8 nitrogen and oxygen atoms in total. The summed E-state index contributed by atoms with van der Waals surface area (Å²) in [6.45, 7) is 0.942. The lowest BCUT2D eigenvalue weighted by atomic mass is 9.94. The Morgan fingerprint density at radius 2 is 1.58 bits per heavy atom. The summed E-state index contributed by atoms with van der Waals surface area (Å²) in [5.41, 5.74) is 2.22. The highest BCUT2D eigenvalue weighted by Crippen LogP contribution is 2.46. The maximum atomic E-state index is 13.3. The molecule has 0 unspecified atom stereocenters. The standard InChI is InChI=1S/C23H29NO7/c1-24(2)8-7-14-9-20-23(31-13-30-20)21(28-5)16(14)12-17(25)15-10-18(26-3)22(29-6)19(11-15)27-4/h9-11H,7-8,12-13H2,1-6H3. The van der Waals surface area contributed by atoms with Crippen LogP contribution in [0.2, 0.25) is 0 Å². The topological polar surface area (TPSA) is 75.7 Å². The van der Waals surface area contributed by atoms with E-state index in [4.69, 9.17) is 28.4 Å². The number of rotatable bonds is 10. The van der Waals surface area contributed by atoms with Gasteiger partial charge in [0.2, 0.25) is 18.3 Å². The first-order valence-electron chi connectivity index (χ1n) is 9.89. The molecule has 0 saturated heterocycles. The van der Waals surface area contributed by atoms with Crippen LogP contribution in [0.1, 0.15) is 21.5 Å². The van der Waals surface area contributed by atoms with Crippen LogP contribution in [0.4, 0.5) is 0 Å².